The van der Waals surface area contributed by atoms with Gasteiger partial charge >= 0.3 is 0 Å². The van der Waals surface area contributed by atoms with E-state index in [-0.39, 0.29) is 5.56 Å². The fourth-order valence-electron chi connectivity index (χ4n) is 3.81. The molecule has 0 unspecified atom stereocenters. The zero-order valence-electron chi connectivity index (χ0n) is 17.9. The molecule has 2 aromatic carbocycles. The van der Waals surface area contributed by atoms with Crippen molar-refractivity contribution in [3.8, 4) is 5.69 Å². The molecule has 0 spiro atoms. The number of hydrogen-bond acceptors (Lipinski definition) is 4. The number of nitrogens with zero attached hydrogens (tertiary/aromatic N) is 3. The van der Waals surface area contributed by atoms with Gasteiger partial charge in [0.05, 0.1) is 22.3 Å². The molecule has 0 saturated carbocycles. The Bertz CT molecular complexity index is 1320. The Balaban J connectivity index is 1.92. The minimum Gasteiger partial charge on any atom is -0.364 e. The van der Waals surface area contributed by atoms with Gasteiger partial charge in [-0.25, -0.2) is 15.0 Å². The lowest BCUT2D eigenvalue weighted by Gasteiger charge is -2.16. The molecule has 0 saturated heterocycles. The molecule has 2 N–H and O–H groups in total. The zero-order chi connectivity index (χ0) is 21.4. The molecule has 4 rings (SSSR count). The molecular formula is C24H25N5O. The topological polar surface area (TPSA) is 75.1 Å². The van der Waals surface area contributed by atoms with E-state index in [0.717, 1.165) is 39.3 Å². The van der Waals surface area contributed by atoms with Gasteiger partial charge in [0.1, 0.15) is 0 Å². The van der Waals surface area contributed by atoms with Crippen LogP contribution in [0.1, 0.15) is 34.9 Å². The van der Waals surface area contributed by atoms with Crippen molar-refractivity contribution >= 4 is 22.6 Å². The molecule has 0 radical (unpaired) electrons. The van der Waals surface area contributed by atoms with Gasteiger partial charge in [-0.3, -0.25) is 4.79 Å². The number of aromatic nitrogens is 3. The number of para-hydroxylation sites is 1. The van der Waals surface area contributed by atoms with E-state index in [1.165, 1.54) is 0 Å². The number of aryl methyl sites for hydroxylation is 3. The highest BCUT2D eigenvalue weighted by Crippen LogP contribution is 2.22. The number of nitrogens with one attached hydrogen (secondary N) is 2. The Kier molecular flexibility index (Phi) is 4.99. The van der Waals surface area contributed by atoms with Gasteiger partial charge in [-0.1, -0.05) is 24.3 Å². The second-order valence-corrected chi connectivity index (χ2v) is 7.59. The maximum absolute atomic E-state index is 13.4. The number of aromatic amines is 1. The molecule has 6 nitrogen and oxygen atoms in total. The van der Waals surface area contributed by atoms with Crippen molar-refractivity contribution in [3.05, 3.63) is 87.0 Å². The fourth-order valence-corrected chi connectivity index (χ4v) is 3.81. The maximum Gasteiger partial charge on any atom is 0.267 e. The normalized spacial score (nSPS) is 11.8. The van der Waals surface area contributed by atoms with Crippen LogP contribution in [0.4, 0.5) is 5.95 Å². The van der Waals surface area contributed by atoms with Crippen molar-refractivity contribution in [2.75, 3.05) is 5.43 Å². The first-order chi connectivity index (χ1) is 14.4. The fraction of sp³-hybridized carbons (Fsp3) is 0.208. The van der Waals surface area contributed by atoms with Gasteiger partial charge in [0.2, 0.25) is 5.95 Å². The molecule has 152 valence electrons. The number of hydrazone groups is 1. The predicted octanol–water partition coefficient (Wildman–Crippen LogP) is 4.78. The van der Waals surface area contributed by atoms with E-state index >= 15 is 0 Å². The minimum absolute atomic E-state index is 0.126. The smallest absolute Gasteiger partial charge is 0.267 e. The summed E-state index contributed by atoms with van der Waals surface area (Å²) >= 11 is 0. The molecule has 0 atom stereocenters. The second kappa shape index (κ2) is 7.63. The van der Waals surface area contributed by atoms with Gasteiger partial charge in [0.25, 0.3) is 5.56 Å². The highest BCUT2D eigenvalue weighted by molar-refractivity contribution is 6.01. The number of anilines is 1. The van der Waals surface area contributed by atoms with Crippen LogP contribution in [0.5, 0.6) is 0 Å². The van der Waals surface area contributed by atoms with E-state index in [1.54, 1.807) is 10.6 Å². The summed E-state index contributed by atoms with van der Waals surface area (Å²) in [6, 6.07) is 13.3. The standard InChI is InChI=1S/C24H25N5O/c1-14-9-8-12-21(16(14)3)29-23(30)19-10-6-7-11-20(19)26-24(29)28-27-18(5)22-15(2)13-25-17(22)4/h6-13,25H,1-5H3,(H,26,28)/b27-18+. The Morgan fingerprint density at radius 1 is 1.03 bits per heavy atom. The van der Waals surface area contributed by atoms with E-state index in [0.29, 0.717) is 16.9 Å². The molecule has 2 heterocycles. The molecule has 0 aliphatic heterocycles. The first kappa shape index (κ1) is 19.6. The van der Waals surface area contributed by atoms with Crippen LogP contribution in [0.25, 0.3) is 16.6 Å². The molecule has 0 amide bonds. The summed E-state index contributed by atoms with van der Waals surface area (Å²) in [4.78, 5) is 21.4. The zero-order valence-corrected chi connectivity index (χ0v) is 17.9. The van der Waals surface area contributed by atoms with Crippen molar-refractivity contribution in [1.29, 1.82) is 0 Å². The molecule has 6 heteroatoms. The van der Waals surface area contributed by atoms with Gasteiger partial charge in [-0.2, -0.15) is 5.10 Å². The van der Waals surface area contributed by atoms with Crippen LogP contribution in [-0.2, 0) is 0 Å². The number of rotatable bonds is 4. The largest absolute Gasteiger partial charge is 0.364 e. The average Bonchev–Trinajstić information content (AvgIpc) is 3.07. The van der Waals surface area contributed by atoms with Crippen molar-refractivity contribution in [2.45, 2.75) is 34.6 Å². The molecule has 0 fully saturated rings. The van der Waals surface area contributed by atoms with Crippen molar-refractivity contribution < 1.29 is 0 Å². The van der Waals surface area contributed by atoms with Gasteiger partial charge < -0.3 is 4.98 Å². The minimum atomic E-state index is -0.126. The second-order valence-electron chi connectivity index (χ2n) is 7.59. The van der Waals surface area contributed by atoms with Gasteiger partial charge in [0.15, 0.2) is 0 Å². The van der Waals surface area contributed by atoms with E-state index in [1.807, 2.05) is 77.2 Å². The van der Waals surface area contributed by atoms with Crippen LogP contribution in [-0.4, -0.2) is 20.2 Å². The quantitative estimate of drug-likeness (QED) is 0.383. The number of fused-ring (bicyclic) bond motifs is 1. The first-order valence-electron chi connectivity index (χ1n) is 9.92. The van der Waals surface area contributed by atoms with Gasteiger partial charge in [-0.15, -0.1) is 0 Å². The Morgan fingerprint density at radius 2 is 1.80 bits per heavy atom. The van der Waals surface area contributed by atoms with Crippen molar-refractivity contribution in [2.24, 2.45) is 5.10 Å². The average molecular weight is 399 g/mol. The van der Waals surface area contributed by atoms with Crippen LogP contribution in [0, 0.1) is 27.7 Å². The van der Waals surface area contributed by atoms with Crippen molar-refractivity contribution in [3.63, 3.8) is 0 Å². The maximum atomic E-state index is 13.4. The van der Waals surface area contributed by atoms with Crippen molar-refractivity contribution in [1.82, 2.24) is 14.5 Å². The van der Waals surface area contributed by atoms with Gasteiger partial charge in [-0.05, 0) is 69.5 Å². The van der Waals surface area contributed by atoms with Crippen LogP contribution in [0.2, 0.25) is 0 Å². The van der Waals surface area contributed by atoms with Crippen LogP contribution in [0.3, 0.4) is 0 Å². The lowest BCUT2D eigenvalue weighted by atomic mass is 10.1. The lowest BCUT2D eigenvalue weighted by Crippen LogP contribution is -2.24. The predicted molar refractivity (Wildman–Crippen MR) is 123 cm³/mol. The van der Waals surface area contributed by atoms with E-state index in [4.69, 9.17) is 4.98 Å². The first-order valence-corrected chi connectivity index (χ1v) is 9.92. The van der Waals surface area contributed by atoms with E-state index < -0.39 is 0 Å². The van der Waals surface area contributed by atoms with Crippen LogP contribution >= 0.6 is 0 Å². The summed E-state index contributed by atoms with van der Waals surface area (Å²) in [7, 11) is 0. The monoisotopic (exact) mass is 399 g/mol. The van der Waals surface area contributed by atoms with Crippen LogP contribution in [0.15, 0.2) is 58.6 Å². The third kappa shape index (κ3) is 3.30. The third-order valence-corrected chi connectivity index (χ3v) is 5.55. The SMILES string of the molecule is C/C(=N\Nc1nc2ccccc2c(=O)n1-c1cccc(C)c1C)c1c(C)c[nH]c1C. The molecule has 0 aliphatic carbocycles. The molecule has 2 aromatic heterocycles. The molecule has 4 aromatic rings. The van der Waals surface area contributed by atoms with E-state index in [9.17, 15) is 4.79 Å². The summed E-state index contributed by atoms with van der Waals surface area (Å²) in [6.45, 7) is 10.0. The summed E-state index contributed by atoms with van der Waals surface area (Å²) in [5, 5.41) is 5.14. The summed E-state index contributed by atoms with van der Waals surface area (Å²) in [5.41, 5.74) is 10.5. The number of benzene rings is 2. The number of hydrogen-bond donors (Lipinski definition) is 2. The molecule has 0 bridgehead atoms. The molecule has 30 heavy (non-hydrogen) atoms. The highest BCUT2D eigenvalue weighted by Gasteiger charge is 2.15. The van der Waals surface area contributed by atoms with E-state index in [2.05, 4.69) is 15.5 Å². The summed E-state index contributed by atoms with van der Waals surface area (Å²) in [5.74, 6) is 0.387. The molecule has 0 aliphatic rings. The Morgan fingerprint density at radius 3 is 2.53 bits per heavy atom. The lowest BCUT2D eigenvalue weighted by molar-refractivity contribution is 0.943. The van der Waals surface area contributed by atoms with Gasteiger partial charge in [0, 0.05) is 17.5 Å². The van der Waals surface area contributed by atoms with Crippen LogP contribution < -0.4 is 11.0 Å². The third-order valence-electron chi connectivity index (χ3n) is 5.55. The Hall–Kier alpha value is -3.67. The summed E-state index contributed by atoms with van der Waals surface area (Å²) < 4.78 is 1.61. The number of H-pyrrole nitrogens is 1. The highest BCUT2D eigenvalue weighted by atomic mass is 16.1. The molecular weight excluding hydrogens is 374 g/mol. The summed E-state index contributed by atoms with van der Waals surface area (Å²) in [6.07, 6.45) is 1.96. The Labute approximate surface area is 175 Å².